The monoisotopic (exact) mass is 369 g/mol. The highest BCUT2D eigenvalue weighted by Crippen LogP contribution is 2.36. The van der Waals surface area contributed by atoms with Gasteiger partial charge in [0.15, 0.2) is 5.84 Å². The fourth-order valence-corrected chi connectivity index (χ4v) is 3.76. The van der Waals surface area contributed by atoms with Crippen LogP contribution in [0.15, 0.2) is 35.4 Å². The van der Waals surface area contributed by atoms with E-state index in [1.807, 2.05) is 26.0 Å². The molecule has 0 bridgehead atoms. The van der Waals surface area contributed by atoms with Crippen LogP contribution in [0.2, 0.25) is 0 Å². The number of hydrazone groups is 1. The topological polar surface area (TPSA) is 82.1 Å². The number of phenols is 2. The molecule has 0 radical (unpaired) electrons. The van der Waals surface area contributed by atoms with Gasteiger partial charge in [0.1, 0.15) is 11.5 Å². The molecule has 0 aromatic heterocycles. The van der Waals surface area contributed by atoms with E-state index in [0.29, 0.717) is 17.0 Å². The van der Waals surface area contributed by atoms with Crippen molar-refractivity contribution in [3.05, 3.63) is 52.6 Å². The minimum atomic E-state index is -0.0921. The molecule has 0 unspecified atom stereocenters. The number of thiocarbonyl (C=S) groups is 1. The van der Waals surface area contributed by atoms with Crippen LogP contribution in [0.3, 0.4) is 0 Å². The maximum Gasteiger partial charge on any atom is 0.168 e. The van der Waals surface area contributed by atoms with Crippen molar-refractivity contribution in [1.29, 1.82) is 0 Å². The molecule has 5 nitrogen and oxygen atoms in total. The molecule has 0 spiro atoms. The van der Waals surface area contributed by atoms with Crippen molar-refractivity contribution in [1.82, 2.24) is 0 Å². The first kappa shape index (κ1) is 18.2. The number of rotatable bonds is 4. The highest BCUT2D eigenvalue weighted by atomic mass is 32.1. The summed E-state index contributed by atoms with van der Waals surface area (Å²) in [7, 11) is 0. The van der Waals surface area contributed by atoms with Gasteiger partial charge in [-0.2, -0.15) is 5.10 Å². The van der Waals surface area contributed by atoms with Gasteiger partial charge in [0, 0.05) is 6.07 Å². The second kappa shape index (κ2) is 7.33. The second-order valence-electron chi connectivity index (χ2n) is 6.78. The largest absolute Gasteiger partial charge is 0.508 e. The van der Waals surface area contributed by atoms with E-state index >= 15 is 0 Å². The van der Waals surface area contributed by atoms with Crippen molar-refractivity contribution >= 4 is 29.2 Å². The number of hydrogen-bond donors (Lipinski definition) is 3. The van der Waals surface area contributed by atoms with Gasteiger partial charge in [-0.05, 0) is 54.0 Å². The molecule has 0 aliphatic heterocycles. The number of anilines is 1. The lowest BCUT2D eigenvalue weighted by Gasteiger charge is -2.24. The van der Waals surface area contributed by atoms with Crippen LogP contribution in [-0.2, 0) is 12.8 Å². The number of fused-ring (bicyclic) bond motifs is 1. The van der Waals surface area contributed by atoms with Crippen molar-refractivity contribution in [3.8, 4) is 11.5 Å². The van der Waals surface area contributed by atoms with Gasteiger partial charge in [0.25, 0.3) is 0 Å². The normalized spacial score (nSPS) is 13.7. The van der Waals surface area contributed by atoms with E-state index in [9.17, 15) is 10.2 Å². The zero-order valence-corrected chi connectivity index (χ0v) is 15.8. The van der Waals surface area contributed by atoms with Crippen LogP contribution in [0.25, 0.3) is 0 Å². The lowest BCUT2D eigenvalue weighted by Crippen LogP contribution is -2.31. The summed E-state index contributed by atoms with van der Waals surface area (Å²) in [6, 6.07) is 9.15. The van der Waals surface area contributed by atoms with Gasteiger partial charge < -0.3 is 16.1 Å². The molecular weight excluding hydrogens is 346 g/mol. The van der Waals surface area contributed by atoms with E-state index in [-0.39, 0.29) is 17.4 Å². The van der Waals surface area contributed by atoms with E-state index in [1.54, 1.807) is 11.0 Å². The minimum Gasteiger partial charge on any atom is -0.508 e. The highest BCUT2D eigenvalue weighted by molar-refractivity contribution is 7.79. The van der Waals surface area contributed by atoms with Crippen LogP contribution in [0.5, 0.6) is 11.5 Å². The number of aryl methyl sites for hydroxylation is 1. The van der Waals surface area contributed by atoms with E-state index in [1.165, 1.54) is 22.7 Å². The zero-order valence-electron chi connectivity index (χ0n) is 14.9. The number of aromatic hydroxyl groups is 2. The maximum absolute atomic E-state index is 10.4. The predicted molar refractivity (Wildman–Crippen MR) is 109 cm³/mol. The highest BCUT2D eigenvalue weighted by Gasteiger charge is 2.24. The Morgan fingerprint density at radius 3 is 2.65 bits per heavy atom. The molecular formula is C20H23N3O2S. The molecule has 0 amide bonds. The predicted octanol–water partition coefficient (Wildman–Crippen LogP) is 3.79. The van der Waals surface area contributed by atoms with Crippen molar-refractivity contribution in [2.45, 2.75) is 39.0 Å². The third-order valence-corrected chi connectivity index (χ3v) is 5.06. The molecule has 0 fully saturated rings. The van der Waals surface area contributed by atoms with Gasteiger partial charge in [-0.3, -0.25) is 4.90 Å². The smallest absolute Gasteiger partial charge is 0.168 e. The third kappa shape index (κ3) is 3.12. The molecule has 1 aliphatic rings. The number of phenolic OH excluding ortho intramolecular Hbond substituents is 2. The Balaban J connectivity index is 2.13. The molecule has 0 saturated carbocycles. The summed E-state index contributed by atoms with van der Waals surface area (Å²) in [6.45, 7) is 3.94. The summed E-state index contributed by atoms with van der Waals surface area (Å²) in [5.74, 6) is 6.09. The molecule has 0 saturated heterocycles. The molecule has 26 heavy (non-hydrogen) atoms. The fourth-order valence-electron chi connectivity index (χ4n) is 3.54. The maximum atomic E-state index is 10.4. The minimum absolute atomic E-state index is 0.0483. The van der Waals surface area contributed by atoms with Crippen LogP contribution < -0.4 is 10.7 Å². The number of nitrogens with two attached hydrogens (primary N) is 1. The Morgan fingerprint density at radius 1 is 1.23 bits per heavy atom. The summed E-state index contributed by atoms with van der Waals surface area (Å²) in [5.41, 5.74) is 6.10. The van der Waals surface area contributed by atoms with E-state index in [0.717, 1.165) is 24.9 Å². The Hall–Kier alpha value is -2.60. The van der Waals surface area contributed by atoms with Gasteiger partial charge in [0.2, 0.25) is 0 Å². The van der Waals surface area contributed by atoms with Crippen LogP contribution in [-0.4, -0.2) is 21.5 Å². The van der Waals surface area contributed by atoms with Crippen LogP contribution in [0.4, 0.5) is 5.69 Å². The molecule has 0 atom stereocenters. The molecule has 2 aromatic carbocycles. The summed E-state index contributed by atoms with van der Waals surface area (Å²) in [4.78, 5) is 1.73. The lowest BCUT2D eigenvalue weighted by molar-refractivity contribution is 0.443. The summed E-state index contributed by atoms with van der Waals surface area (Å²) < 4.78 is 0. The Bertz CT molecular complexity index is 878. The van der Waals surface area contributed by atoms with Gasteiger partial charge in [-0.25, -0.2) is 0 Å². The molecule has 2 aromatic rings. The summed E-state index contributed by atoms with van der Waals surface area (Å²) in [5, 5.41) is 24.4. The number of amidine groups is 1. The van der Waals surface area contributed by atoms with Gasteiger partial charge in [-0.1, -0.05) is 38.2 Å². The molecule has 136 valence electrons. The molecule has 1 aliphatic carbocycles. The van der Waals surface area contributed by atoms with Gasteiger partial charge in [-0.15, -0.1) is 0 Å². The Labute approximate surface area is 158 Å². The second-order valence-corrected chi connectivity index (χ2v) is 6.99. The SMILES string of the molecule is CC(C)c1cc(/C(=N/N)N(C=S)c2cccc3c2CCC3)c(O)cc1O. The standard InChI is InChI=1S/C20H23N3O2S/c1-12(2)15-9-16(19(25)10-18(15)24)20(22-21)23(11-26)17-8-4-6-13-5-3-7-14(13)17/h4,6,8-12,24-25H,3,5,7,21H2,1-2H3/b22-20-. The number of nitrogens with zero attached hydrogens (tertiary/aromatic N) is 2. The summed E-state index contributed by atoms with van der Waals surface area (Å²) in [6.07, 6.45) is 3.13. The Morgan fingerprint density at radius 2 is 2.00 bits per heavy atom. The quantitative estimate of drug-likeness (QED) is 0.251. The Kier molecular flexibility index (Phi) is 5.13. The first-order chi connectivity index (χ1) is 12.5. The zero-order chi connectivity index (χ0) is 18.8. The average Bonchev–Trinajstić information content (AvgIpc) is 3.09. The average molecular weight is 369 g/mol. The molecule has 3 rings (SSSR count). The van der Waals surface area contributed by atoms with E-state index in [2.05, 4.69) is 11.2 Å². The molecule has 0 heterocycles. The third-order valence-electron chi connectivity index (χ3n) is 4.84. The summed E-state index contributed by atoms with van der Waals surface area (Å²) >= 11 is 5.26. The number of benzene rings is 2. The van der Waals surface area contributed by atoms with E-state index in [4.69, 9.17) is 18.1 Å². The van der Waals surface area contributed by atoms with Crippen LogP contribution >= 0.6 is 12.2 Å². The van der Waals surface area contributed by atoms with Gasteiger partial charge in [0.05, 0.1) is 16.7 Å². The first-order valence-electron chi connectivity index (χ1n) is 8.67. The fraction of sp³-hybridized carbons (Fsp3) is 0.300. The lowest BCUT2D eigenvalue weighted by atomic mass is 9.98. The van der Waals surface area contributed by atoms with Crippen molar-refractivity contribution in [2.24, 2.45) is 10.9 Å². The van der Waals surface area contributed by atoms with Crippen molar-refractivity contribution in [3.63, 3.8) is 0 Å². The molecule has 6 heteroatoms. The van der Waals surface area contributed by atoms with Crippen molar-refractivity contribution in [2.75, 3.05) is 4.90 Å². The van der Waals surface area contributed by atoms with Crippen LogP contribution in [0.1, 0.15) is 48.4 Å². The van der Waals surface area contributed by atoms with Gasteiger partial charge >= 0.3 is 0 Å². The van der Waals surface area contributed by atoms with E-state index < -0.39 is 0 Å². The first-order valence-corrected chi connectivity index (χ1v) is 9.14. The van der Waals surface area contributed by atoms with Crippen molar-refractivity contribution < 1.29 is 10.2 Å². The van der Waals surface area contributed by atoms with Crippen LogP contribution in [0, 0.1) is 0 Å². The molecule has 4 N–H and O–H groups in total. The number of hydrogen-bond acceptors (Lipinski definition) is 5.